The van der Waals surface area contributed by atoms with Crippen LogP contribution in [0.25, 0.3) is 0 Å². The quantitative estimate of drug-likeness (QED) is 0.619. The summed E-state index contributed by atoms with van der Waals surface area (Å²) in [6.07, 6.45) is -5.89. The van der Waals surface area contributed by atoms with Crippen molar-refractivity contribution in [3.63, 3.8) is 0 Å². The van der Waals surface area contributed by atoms with Gasteiger partial charge in [0.1, 0.15) is 0 Å². The van der Waals surface area contributed by atoms with Crippen LogP contribution in [0, 0.1) is 0 Å². The summed E-state index contributed by atoms with van der Waals surface area (Å²) in [6, 6.07) is 4.65. The second kappa shape index (κ2) is 4.55. The number of Topliss-reactive ketones (excluding diaryl/α,β-unsaturated/α-hetero) is 1. The lowest BCUT2D eigenvalue weighted by Crippen LogP contribution is -2.44. The van der Waals surface area contributed by atoms with E-state index in [9.17, 15) is 26.7 Å². The van der Waals surface area contributed by atoms with Gasteiger partial charge in [-0.2, -0.15) is 22.0 Å². The van der Waals surface area contributed by atoms with Crippen LogP contribution in [0.4, 0.5) is 27.6 Å². The van der Waals surface area contributed by atoms with E-state index in [1.54, 1.807) is 14.1 Å². The fourth-order valence-corrected chi connectivity index (χ4v) is 1.24. The number of alkyl halides is 5. The zero-order valence-corrected chi connectivity index (χ0v) is 9.55. The van der Waals surface area contributed by atoms with Gasteiger partial charge in [-0.3, -0.25) is 4.79 Å². The maximum atomic E-state index is 12.9. The Hall–Kier alpha value is -1.66. The van der Waals surface area contributed by atoms with Crippen LogP contribution in [0.15, 0.2) is 24.3 Å². The number of rotatable bonds is 3. The maximum absolute atomic E-state index is 12.9. The molecule has 0 radical (unpaired) electrons. The minimum absolute atomic E-state index is 0.360. The first kappa shape index (κ1) is 14.4. The number of nitrogens with zero attached hydrogens (tertiary/aromatic N) is 1. The molecule has 0 spiro atoms. The number of halogens is 5. The summed E-state index contributed by atoms with van der Waals surface area (Å²) >= 11 is 0. The van der Waals surface area contributed by atoms with E-state index in [-0.39, 0.29) is 0 Å². The van der Waals surface area contributed by atoms with Gasteiger partial charge in [0, 0.05) is 25.3 Å². The van der Waals surface area contributed by atoms with E-state index < -0.39 is 23.4 Å². The summed E-state index contributed by atoms with van der Waals surface area (Å²) in [4.78, 5) is 12.7. The number of ketones is 1. The predicted octanol–water partition coefficient (Wildman–Crippen LogP) is 3.13. The van der Waals surface area contributed by atoms with Gasteiger partial charge in [0.25, 0.3) is 0 Å². The molecule has 2 nitrogen and oxygen atoms in total. The van der Waals surface area contributed by atoms with Crippen LogP contribution in [0.1, 0.15) is 10.4 Å². The Morgan fingerprint density at radius 1 is 1.11 bits per heavy atom. The molecule has 0 aliphatic carbocycles. The Bertz CT molecular complexity index is 453. The van der Waals surface area contributed by atoms with Crippen molar-refractivity contribution in [2.75, 3.05) is 19.0 Å². The van der Waals surface area contributed by atoms with Gasteiger partial charge in [-0.05, 0) is 12.1 Å². The Labute approximate surface area is 100 Å². The molecule has 0 fully saturated rings. The molecular formula is C11H10F5NO. The topological polar surface area (TPSA) is 20.3 Å². The SMILES string of the molecule is CN(C)c1cccc(C(=O)C(F)(F)C(F)(F)F)c1. The van der Waals surface area contributed by atoms with Gasteiger partial charge in [-0.15, -0.1) is 0 Å². The first-order chi connectivity index (χ1) is 8.07. The van der Waals surface area contributed by atoms with Crippen molar-refractivity contribution in [3.8, 4) is 0 Å². The van der Waals surface area contributed by atoms with E-state index in [2.05, 4.69) is 0 Å². The van der Waals surface area contributed by atoms with Crippen molar-refractivity contribution >= 4 is 11.5 Å². The number of anilines is 1. The molecule has 0 saturated carbocycles. The third-order valence-electron chi connectivity index (χ3n) is 2.27. The zero-order valence-electron chi connectivity index (χ0n) is 9.55. The molecular weight excluding hydrogens is 257 g/mol. The van der Waals surface area contributed by atoms with Crippen LogP contribution in [-0.4, -0.2) is 32.0 Å². The van der Waals surface area contributed by atoms with Crippen molar-refractivity contribution < 1.29 is 26.7 Å². The molecule has 0 aliphatic rings. The molecule has 0 aromatic heterocycles. The van der Waals surface area contributed by atoms with Gasteiger partial charge in [-0.1, -0.05) is 12.1 Å². The zero-order chi connectivity index (χ0) is 14.1. The summed E-state index contributed by atoms with van der Waals surface area (Å²) in [7, 11) is 3.15. The van der Waals surface area contributed by atoms with Crippen molar-refractivity contribution in [2.45, 2.75) is 12.1 Å². The van der Waals surface area contributed by atoms with Crippen LogP contribution in [0.3, 0.4) is 0 Å². The second-order valence-corrected chi connectivity index (χ2v) is 3.85. The van der Waals surface area contributed by atoms with Crippen LogP contribution in [-0.2, 0) is 0 Å². The molecule has 18 heavy (non-hydrogen) atoms. The van der Waals surface area contributed by atoms with Crippen LogP contribution in [0.5, 0.6) is 0 Å². The fraction of sp³-hybridized carbons (Fsp3) is 0.364. The lowest BCUT2D eigenvalue weighted by Gasteiger charge is -2.19. The lowest BCUT2D eigenvalue weighted by molar-refractivity contribution is -0.255. The Morgan fingerprint density at radius 2 is 1.67 bits per heavy atom. The number of hydrogen-bond acceptors (Lipinski definition) is 2. The monoisotopic (exact) mass is 267 g/mol. The Kier molecular flexibility index (Phi) is 3.64. The van der Waals surface area contributed by atoms with E-state index in [1.807, 2.05) is 0 Å². The van der Waals surface area contributed by atoms with Gasteiger partial charge in [-0.25, -0.2) is 0 Å². The maximum Gasteiger partial charge on any atom is 0.461 e. The van der Waals surface area contributed by atoms with Crippen molar-refractivity contribution in [1.29, 1.82) is 0 Å². The highest BCUT2D eigenvalue weighted by Gasteiger charge is 2.63. The summed E-state index contributed by atoms with van der Waals surface area (Å²) in [5.41, 5.74) is -0.317. The van der Waals surface area contributed by atoms with E-state index in [0.717, 1.165) is 12.1 Å². The predicted molar refractivity (Wildman–Crippen MR) is 56.1 cm³/mol. The first-order valence-electron chi connectivity index (χ1n) is 4.84. The van der Waals surface area contributed by atoms with Crippen LogP contribution in [0.2, 0.25) is 0 Å². The largest absolute Gasteiger partial charge is 0.461 e. The molecule has 1 aromatic carbocycles. The number of carbonyl (C=O) groups is 1. The fourth-order valence-electron chi connectivity index (χ4n) is 1.24. The van der Waals surface area contributed by atoms with Gasteiger partial charge in [0.05, 0.1) is 0 Å². The standard InChI is InChI=1S/C11H10F5NO/c1-17(2)8-5-3-4-7(6-8)9(18)10(12,13)11(14,15)16/h3-6H,1-2H3. The molecule has 0 bridgehead atoms. The molecule has 0 aliphatic heterocycles. The lowest BCUT2D eigenvalue weighted by atomic mass is 10.0. The third-order valence-corrected chi connectivity index (χ3v) is 2.27. The highest BCUT2D eigenvalue weighted by Crippen LogP contribution is 2.38. The number of carbonyl (C=O) groups excluding carboxylic acids is 1. The van der Waals surface area contributed by atoms with E-state index in [0.29, 0.717) is 5.69 Å². The van der Waals surface area contributed by atoms with E-state index in [4.69, 9.17) is 0 Å². The van der Waals surface area contributed by atoms with Crippen LogP contribution < -0.4 is 4.90 Å². The molecule has 0 atom stereocenters. The normalized spacial score (nSPS) is 12.4. The Morgan fingerprint density at radius 3 is 2.11 bits per heavy atom. The Balaban J connectivity index is 3.16. The average Bonchev–Trinajstić information content (AvgIpc) is 2.26. The van der Waals surface area contributed by atoms with Crippen molar-refractivity contribution in [3.05, 3.63) is 29.8 Å². The van der Waals surface area contributed by atoms with Crippen LogP contribution >= 0.6 is 0 Å². The number of benzene rings is 1. The van der Waals surface area contributed by atoms with Gasteiger partial charge in [0.2, 0.25) is 5.78 Å². The molecule has 0 saturated heterocycles. The van der Waals surface area contributed by atoms with E-state index in [1.165, 1.54) is 17.0 Å². The summed E-state index contributed by atoms with van der Waals surface area (Å²) in [6.45, 7) is 0. The van der Waals surface area contributed by atoms with Gasteiger partial charge < -0.3 is 4.90 Å². The molecule has 0 heterocycles. The molecule has 1 rings (SSSR count). The molecule has 1 aromatic rings. The average molecular weight is 267 g/mol. The van der Waals surface area contributed by atoms with E-state index >= 15 is 0 Å². The number of hydrogen-bond donors (Lipinski definition) is 0. The summed E-state index contributed by atoms with van der Waals surface area (Å²) in [5.74, 6) is -7.63. The highest BCUT2D eigenvalue weighted by atomic mass is 19.4. The molecule has 7 heteroatoms. The molecule has 0 amide bonds. The van der Waals surface area contributed by atoms with Gasteiger partial charge >= 0.3 is 12.1 Å². The molecule has 0 unspecified atom stereocenters. The highest BCUT2D eigenvalue weighted by molar-refractivity contribution is 6.02. The van der Waals surface area contributed by atoms with Crippen molar-refractivity contribution in [2.24, 2.45) is 0 Å². The minimum Gasteiger partial charge on any atom is -0.378 e. The smallest absolute Gasteiger partial charge is 0.378 e. The second-order valence-electron chi connectivity index (χ2n) is 3.85. The molecule has 0 N–H and O–H groups in total. The van der Waals surface area contributed by atoms with Gasteiger partial charge in [0.15, 0.2) is 0 Å². The molecule has 100 valence electrons. The first-order valence-corrected chi connectivity index (χ1v) is 4.84. The third kappa shape index (κ3) is 2.60. The minimum atomic E-state index is -5.89. The summed E-state index contributed by atoms with van der Waals surface area (Å²) in [5, 5.41) is 0. The van der Waals surface area contributed by atoms with Crippen molar-refractivity contribution in [1.82, 2.24) is 0 Å². The summed E-state index contributed by atoms with van der Waals surface area (Å²) < 4.78 is 61.9.